The summed E-state index contributed by atoms with van der Waals surface area (Å²) in [4.78, 5) is 45.4. The van der Waals surface area contributed by atoms with Gasteiger partial charge in [-0.3, -0.25) is 4.79 Å². The molecule has 1 aromatic heterocycles. The first-order valence-corrected chi connectivity index (χ1v) is 11.7. The first-order chi connectivity index (χ1) is 17.0. The number of aromatic nitrogens is 1. The second kappa shape index (κ2) is 11.1. The Balaban J connectivity index is 1.33. The molecule has 1 fully saturated rings. The minimum absolute atomic E-state index is 0.0537. The number of anilines is 1. The topological polar surface area (TPSA) is 113 Å². The zero-order valence-corrected chi connectivity index (χ0v) is 20.0. The quantitative estimate of drug-likeness (QED) is 0.588. The van der Waals surface area contributed by atoms with Gasteiger partial charge in [-0.15, -0.1) is 0 Å². The van der Waals surface area contributed by atoms with Crippen LogP contribution in [0.2, 0.25) is 0 Å². The number of rotatable bonds is 7. The molecule has 186 valence electrons. The molecule has 35 heavy (non-hydrogen) atoms. The Bertz CT molecular complexity index is 1050. The zero-order valence-electron chi connectivity index (χ0n) is 20.0. The van der Waals surface area contributed by atoms with Gasteiger partial charge in [0.2, 0.25) is 5.88 Å². The maximum absolute atomic E-state index is 13.0. The molecule has 4 rings (SSSR count). The van der Waals surface area contributed by atoms with E-state index in [1.807, 2.05) is 35.2 Å². The van der Waals surface area contributed by atoms with E-state index in [1.54, 1.807) is 24.3 Å². The zero-order chi connectivity index (χ0) is 24.8. The largest absolute Gasteiger partial charge is 0.481 e. The maximum atomic E-state index is 13.0. The van der Waals surface area contributed by atoms with Crippen LogP contribution in [0.5, 0.6) is 5.88 Å². The molecule has 1 aromatic carbocycles. The molecule has 3 heterocycles. The number of piperidine rings is 1. The molecule has 2 aromatic rings. The molecule has 0 saturated carbocycles. The van der Waals surface area contributed by atoms with Gasteiger partial charge >= 0.3 is 18.0 Å². The van der Waals surface area contributed by atoms with Crippen molar-refractivity contribution in [2.45, 2.75) is 44.3 Å². The maximum Gasteiger partial charge on any atom is 0.322 e. The Kier molecular flexibility index (Phi) is 7.69. The van der Waals surface area contributed by atoms with Crippen LogP contribution < -0.4 is 15.4 Å². The molecule has 0 bridgehead atoms. The Morgan fingerprint density at radius 1 is 1.17 bits per heavy atom. The summed E-state index contributed by atoms with van der Waals surface area (Å²) in [5.74, 6) is 0.0999. The van der Waals surface area contributed by atoms with Crippen molar-refractivity contribution in [1.82, 2.24) is 20.1 Å². The summed E-state index contributed by atoms with van der Waals surface area (Å²) in [5.41, 5.74) is 2.82. The molecular weight excluding hydrogens is 450 g/mol. The Morgan fingerprint density at radius 2 is 1.94 bits per heavy atom. The number of nitrogens with one attached hydrogen (secondary N) is 2. The average Bonchev–Trinajstić information content (AvgIpc) is 2.88. The molecule has 4 amide bonds. The number of esters is 1. The number of amides is 4. The first kappa shape index (κ1) is 24.3. The van der Waals surface area contributed by atoms with Crippen LogP contribution in [0, 0.1) is 0 Å². The number of fused-ring (bicyclic) bond motifs is 1. The van der Waals surface area contributed by atoms with E-state index in [0.717, 1.165) is 16.8 Å². The number of para-hydroxylation sites is 1. The summed E-state index contributed by atoms with van der Waals surface area (Å²) < 4.78 is 9.90. The number of carbonyl (C=O) groups is 3. The molecule has 2 aliphatic heterocycles. The number of nitrogens with zero attached hydrogens (tertiary/aromatic N) is 3. The van der Waals surface area contributed by atoms with Gasteiger partial charge in [-0.2, -0.15) is 0 Å². The second-order valence-corrected chi connectivity index (χ2v) is 8.77. The van der Waals surface area contributed by atoms with E-state index in [-0.39, 0.29) is 24.5 Å². The molecule has 0 spiro atoms. The Hall–Kier alpha value is -3.82. The predicted molar refractivity (Wildman–Crippen MR) is 129 cm³/mol. The van der Waals surface area contributed by atoms with E-state index in [9.17, 15) is 14.4 Å². The third-order valence-electron chi connectivity index (χ3n) is 6.51. The summed E-state index contributed by atoms with van der Waals surface area (Å²) in [7, 11) is 2.87. The molecule has 2 N–H and O–H groups in total. The summed E-state index contributed by atoms with van der Waals surface area (Å²) in [6.07, 6.45) is 3.53. The number of carbonyl (C=O) groups excluding carboxylic acids is 3. The summed E-state index contributed by atoms with van der Waals surface area (Å²) in [6.45, 7) is 1.61. The van der Waals surface area contributed by atoms with Gasteiger partial charge in [0.15, 0.2) is 0 Å². The van der Waals surface area contributed by atoms with Gasteiger partial charge in [0.1, 0.15) is 0 Å². The Labute approximate surface area is 204 Å². The van der Waals surface area contributed by atoms with E-state index < -0.39 is 12.0 Å². The minimum atomic E-state index is -0.438. The number of likely N-dealkylation sites (tertiary alicyclic amines) is 1. The summed E-state index contributed by atoms with van der Waals surface area (Å²) in [5, 5.41) is 5.94. The van der Waals surface area contributed by atoms with Crippen molar-refractivity contribution in [2.75, 3.05) is 32.6 Å². The highest BCUT2D eigenvalue weighted by atomic mass is 16.5. The number of pyridine rings is 1. The van der Waals surface area contributed by atoms with Gasteiger partial charge in [-0.25, -0.2) is 14.6 Å². The van der Waals surface area contributed by atoms with Crippen molar-refractivity contribution in [1.29, 1.82) is 0 Å². The van der Waals surface area contributed by atoms with Crippen molar-refractivity contribution in [3.63, 3.8) is 0 Å². The Morgan fingerprint density at radius 3 is 2.63 bits per heavy atom. The first-order valence-electron chi connectivity index (χ1n) is 11.7. The van der Waals surface area contributed by atoms with Gasteiger partial charge < -0.3 is 29.9 Å². The van der Waals surface area contributed by atoms with Crippen LogP contribution in [0.25, 0.3) is 0 Å². The lowest BCUT2D eigenvalue weighted by atomic mass is 10.0. The van der Waals surface area contributed by atoms with Crippen molar-refractivity contribution >= 4 is 23.7 Å². The number of ether oxygens (including phenoxy) is 2. The number of hydrogen-bond acceptors (Lipinski definition) is 6. The van der Waals surface area contributed by atoms with Crippen molar-refractivity contribution < 1.29 is 23.9 Å². The molecule has 10 heteroatoms. The van der Waals surface area contributed by atoms with Crippen LogP contribution in [-0.4, -0.2) is 72.2 Å². The van der Waals surface area contributed by atoms with E-state index in [2.05, 4.69) is 15.6 Å². The molecular formula is C25H31N5O5. The number of urea groups is 2. The molecule has 0 radical (unpaired) electrons. The van der Waals surface area contributed by atoms with Gasteiger partial charge in [-0.05, 0) is 36.5 Å². The molecule has 10 nitrogen and oxygen atoms in total. The fraction of sp³-hybridized carbons (Fsp3) is 0.440. The van der Waals surface area contributed by atoms with Gasteiger partial charge in [-0.1, -0.05) is 24.3 Å². The standard InChI is InChI=1S/C25H31N5O5/c1-34-22-8-7-17(15-26-22)13-19(14-23(31)35-2)27-24(32)29-11-9-20(10-12-29)30-16-18-5-3-4-6-21(18)28-25(30)33/h3-8,15,19-20H,9-14,16H2,1-2H3,(H,27,32)(H,28,33). The lowest BCUT2D eigenvalue weighted by molar-refractivity contribution is -0.141. The van der Waals surface area contributed by atoms with Crippen LogP contribution in [0.4, 0.5) is 15.3 Å². The predicted octanol–water partition coefficient (Wildman–Crippen LogP) is 2.79. The molecule has 0 aliphatic carbocycles. The van der Waals surface area contributed by atoms with Crippen LogP contribution in [0.3, 0.4) is 0 Å². The second-order valence-electron chi connectivity index (χ2n) is 8.77. The fourth-order valence-electron chi connectivity index (χ4n) is 4.56. The normalized spacial score (nSPS) is 16.7. The molecule has 1 atom stereocenters. The summed E-state index contributed by atoms with van der Waals surface area (Å²) >= 11 is 0. The van der Waals surface area contributed by atoms with E-state index in [4.69, 9.17) is 9.47 Å². The van der Waals surface area contributed by atoms with E-state index in [0.29, 0.717) is 44.8 Å². The third kappa shape index (κ3) is 6.00. The fourth-order valence-corrected chi connectivity index (χ4v) is 4.56. The molecule has 1 saturated heterocycles. The highest BCUT2D eigenvalue weighted by Gasteiger charge is 2.33. The smallest absolute Gasteiger partial charge is 0.322 e. The van der Waals surface area contributed by atoms with Crippen molar-refractivity contribution in [3.05, 3.63) is 53.7 Å². The lowest BCUT2D eigenvalue weighted by Gasteiger charge is -2.40. The van der Waals surface area contributed by atoms with Crippen LogP contribution >= 0.6 is 0 Å². The highest BCUT2D eigenvalue weighted by Crippen LogP contribution is 2.27. The third-order valence-corrected chi connectivity index (χ3v) is 6.51. The minimum Gasteiger partial charge on any atom is -0.481 e. The van der Waals surface area contributed by atoms with Gasteiger partial charge in [0, 0.05) is 49.7 Å². The number of hydrogen-bond donors (Lipinski definition) is 2. The highest BCUT2D eigenvalue weighted by molar-refractivity contribution is 5.92. The van der Waals surface area contributed by atoms with Crippen LogP contribution in [-0.2, 0) is 22.5 Å². The average molecular weight is 482 g/mol. The number of benzene rings is 1. The SMILES string of the molecule is COC(=O)CC(Cc1ccc(OC)nc1)NC(=O)N1CCC(N2Cc3ccccc3NC2=O)CC1. The van der Waals surface area contributed by atoms with Crippen LogP contribution in [0.15, 0.2) is 42.6 Å². The van der Waals surface area contributed by atoms with E-state index in [1.165, 1.54) is 7.11 Å². The van der Waals surface area contributed by atoms with E-state index >= 15 is 0 Å². The van der Waals surface area contributed by atoms with Gasteiger partial charge in [0.25, 0.3) is 0 Å². The molecule has 2 aliphatic rings. The van der Waals surface area contributed by atoms with Gasteiger partial charge in [0.05, 0.1) is 20.6 Å². The van der Waals surface area contributed by atoms with Crippen molar-refractivity contribution in [2.24, 2.45) is 0 Å². The van der Waals surface area contributed by atoms with Crippen LogP contribution in [0.1, 0.15) is 30.4 Å². The number of methoxy groups -OCH3 is 2. The lowest BCUT2D eigenvalue weighted by Crippen LogP contribution is -2.54. The summed E-state index contributed by atoms with van der Waals surface area (Å²) in [6, 6.07) is 10.7. The van der Waals surface area contributed by atoms with Crippen molar-refractivity contribution in [3.8, 4) is 5.88 Å². The monoisotopic (exact) mass is 481 g/mol. The molecule has 1 unspecified atom stereocenters.